The van der Waals surface area contributed by atoms with Crippen LogP contribution in [0.4, 0.5) is 0 Å². The van der Waals surface area contributed by atoms with E-state index >= 15 is 0 Å². The quantitative estimate of drug-likeness (QED) is 0.568. The van der Waals surface area contributed by atoms with Gasteiger partial charge in [-0.3, -0.25) is 4.79 Å². The monoisotopic (exact) mass is 245 g/mol. The highest BCUT2D eigenvalue weighted by molar-refractivity contribution is 7.99. The van der Waals surface area contributed by atoms with Gasteiger partial charge >= 0.3 is 5.97 Å². The number of aliphatic carboxylic acids is 1. The van der Waals surface area contributed by atoms with Crippen molar-refractivity contribution in [1.82, 2.24) is 14.8 Å². The molecule has 1 N–H and O–H groups in total. The average molecular weight is 245 g/mol. The van der Waals surface area contributed by atoms with E-state index in [4.69, 9.17) is 9.84 Å². The number of nitrogens with zero attached hydrogens (tertiary/aromatic N) is 3. The van der Waals surface area contributed by atoms with E-state index in [0.29, 0.717) is 24.2 Å². The molecule has 0 amide bonds. The number of carboxylic acids is 1. The molecule has 0 aromatic carbocycles. The van der Waals surface area contributed by atoms with E-state index in [2.05, 4.69) is 10.1 Å². The molecule has 7 heteroatoms. The zero-order valence-corrected chi connectivity index (χ0v) is 10.2. The summed E-state index contributed by atoms with van der Waals surface area (Å²) in [7, 11) is 1.74. The van der Waals surface area contributed by atoms with Gasteiger partial charge in [0.1, 0.15) is 6.61 Å². The summed E-state index contributed by atoms with van der Waals surface area (Å²) in [6, 6.07) is 0. The van der Waals surface area contributed by atoms with Gasteiger partial charge in [-0.05, 0) is 6.42 Å². The molecular formula is C9H15N3O3S. The summed E-state index contributed by atoms with van der Waals surface area (Å²) in [6.07, 6.45) is 0.952. The van der Waals surface area contributed by atoms with Crippen molar-refractivity contribution in [2.75, 3.05) is 12.4 Å². The molecule has 0 aliphatic heterocycles. The van der Waals surface area contributed by atoms with Crippen LogP contribution in [0, 0.1) is 0 Å². The van der Waals surface area contributed by atoms with Crippen LogP contribution in [0.25, 0.3) is 0 Å². The third-order valence-corrected chi connectivity index (χ3v) is 2.68. The Morgan fingerprint density at radius 2 is 2.38 bits per heavy atom. The number of carbonyl (C=O) groups is 1. The first kappa shape index (κ1) is 13.0. The zero-order valence-electron chi connectivity index (χ0n) is 9.34. The Kier molecular flexibility index (Phi) is 5.27. The number of carboxylic acid groups (broad SMARTS) is 1. The Balaban J connectivity index is 2.49. The van der Waals surface area contributed by atoms with Gasteiger partial charge in [-0.15, -0.1) is 0 Å². The van der Waals surface area contributed by atoms with Crippen molar-refractivity contribution in [2.24, 2.45) is 7.05 Å². The van der Waals surface area contributed by atoms with Crippen LogP contribution in [0.5, 0.6) is 0 Å². The Morgan fingerprint density at radius 1 is 1.62 bits per heavy atom. The van der Waals surface area contributed by atoms with Crippen molar-refractivity contribution in [3.05, 3.63) is 5.82 Å². The summed E-state index contributed by atoms with van der Waals surface area (Å²) in [5.41, 5.74) is 0. The van der Waals surface area contributed by atoms with Gasteiger partial charge in [0.2, 0.25) is 0 Å². The van der Waals surface area contributed by atoms with Crippen LogP contribution < -0.4 is 0 Å². The van der Waals surface area contributed by atoms with Crippen molar-refractivity contribution in [3.63, 3.8) is 0 Å². The number of aromatic nitrogens is 3. The molecule has 0 atom stereocenters. The average Bonchev–Trinajstić information content (AvgIpc) is 2.57. The Labute approximate surface area is 98.0 Å². The molecule has 0 saturated heterocycles. The fourth-order valence-electron chi connectivity index (χ4n) is 1.04. The normalized spacial score (nSPS) is 10.6. The van der Waals surface area contributed by atoms with E-state index in [0.717, 1.165) is 18.2 Å². The number of aryl methyl sites for hydroxylation is 1. The molecular weight excluding hydrogens is 230 g/mol. The van der Waals surface area contributed by atoms with Gasteiger partial charge in [0, 0.05) is 13.7 Å². The molecule has 90 valence electrons. The first-order valence-electron chi connectivity index (χ1n) is 4.95. The van der Waals surface area contributed by atoms with Gasteiger partial charge in [-0.25, -0.2) is 9.67 Å². The topological polar surface area (TPSA) is 77.2 Å². The second kappa shape index (κ2) is 6.49. The molecule has 0 saturated carbocycles. The third-order valence-electron chi connectivity index (χ3n) is 1.67. The summed E-state index contributed by atoms with van der Waals surface area (Å²) >= 11 is 1.15. The fourth-order valence-corrected chi connectivity index (χ4v) is 1.69. The molecule has 1 heterocycles. The SMILES string of the molecule is CCCOCc1nc(SCC(=O)O)n(C)n1. The largest absolute Gasteiger partial charge is 0.481 e. The van der Waals surface area contributed by atoms with Crippen molar-refractivity contribution >= 4 is 17.7 Å². The molecule has 0 fully saturated rings. The van der Waals surface area contributed by atoms with Crippen molar-refractivity contribution in [1.29, 1.82) is 0 Å². The van der Waals surface area contributed by atoms with E-state index in [1.165, 1.54) is 0 Å². The summed E-state index contributed by atoms with van der Waals surface area (Å²) in [5, 5.41) is 13.3. The van der Waals surface area contributed by atoms with Gasteiger partial charge in [0.25, 0.3) is 0 Å². The molecule has 0 spiro atoms. The first-order valence-corrected chi connectivity index (χ1v) is 5.94. The first-order chi connectivity index (χ1) is 7.63. The summed E-state index contributed by atoms with van der Waals surface area (Å²) in [4.78, 5) is 14.6. The molecule has 6 nitrogen and oxygen atoms in total. The van der Waals surface area contributed by atoms with Crippen LogP contribution in [0.15, 0.2) is 5.16 Å². The van der Waals surface area contributed by atoms with Gasteiger partial charge in [-0.1, -0.05) is 18.7 Å². The second-order valence-corrected chi connectivity index (χ2v) is 4.11. The number of ether oxygens (including phenoxy) is 1. The lowest BCUT2D eigenvalue weighted by Crippen LogP contribution is -2.00. The number of hydrogen-bond donors (Lipinski definition) is 1. The molecule has 0 unspecified atom stereocenters. The minimum Gasteiger partial charge on any atom is -0.481 e. The van der Waals surface area contributed by atoms with Crippen LogP contribution in [-0.4, -0.2) is 38.2 Å². The molecule has 16 heavy (non-hydrogen) atoms. The number of rotatable bonds is 7. The maximum Gasteiger partial charge on any atom is 0.313 e. The minimum atomic E-state index is -0.864. The van der Waals surface area contributed by atoms with Gasteiger partial charge in [-0.2, -0.15) is 5.10 Å². The van der Waals surface area contributed by atoms with Gasteiger partial charge in [0.05, 0.1) is 5.75 Å². The minimum absolute atomic E-state index is 0.0121. The summed E-state index contributed by atoms with van der Waals surface area (Å²) in [5.74, 6) is -0.289. The molecule has 0 aliphatic rings. The Bertz CT molecular complexity index is 354. The molecule has 1 rings (SSSR count). The van der Waals surface area contributed by atoms with E-state index < -0.39 is 5.97 Å². The maximum atomic E-state index is 10.4. The summed E-state index contributed by atoms with van der Waals surface area (Å²) in [6.45, 7) is 3.07. The molecule has 1 aromatic rings. The highest BCUT2D eigenvalue weighted by Crippen LogP contribution is 2.14. The fraction of sp³-hybridized carbons (Fsp3) is 0.667. The highest BCUT2D eigenvalue weighted by Gasteiger charge is 2.09. The van der Waals surface area contributed by atoms with Crippen LogP contribution in [0.3, 0.4) is 0 Å². The molecule has 0 bridgehead atoms. The van der Waals surface area contributed by atoms with Crippen LogP contribution >= 0.6 is 11.8 Å². The van der Waals surface area contributed by atoms with Crippen molar-refractivity contribution in [2.45, 2.75) is 25.1 Å². The van der Waals surface area contributed by atoms with Crippen molar-refractivity contribution < 1.29 is 14.6 Å². The maximum absolute atomic E-state index is 10.4. The predicted molar refractivity (Wildman–Crippen MR) is 59.3 cm³/mol. The Hall–Kier alpha value is -1.08. The lowest BCUT2D eigenvalue weighted by Gasteiger charge is -1.96. The van der Waals surface area contributed by atoms with E-state index in [9.17, 15) is 4.79 Å². The highest BCUT2D eigenvalue weighted by atomic mass is 32.2. The molecule has 0 aliphatic carbocycles. The predicted octanol–water partition coefficient (Wildman–Crippen LogP) is 0.918. The lowest BCUT2D eigenvalue weighted by atomic mass is 10.5. The third kappa shape index (κ3) is 4.19. The Morgan fingerprint density at radius 3 is 3.00 bits per heavy atom. The molecule has 0 radical (unpaired) electrons. The standard InChI is InChI=1S/C9H15N3O3S/c1-3-4-15-5-7-10-9(12(2)11-7)16-6-8(13)14/h3-6H2,1-2H3,(H,13,14). The zero-order chi connectivity index (χ0) is 12.0. The molecule has 1 aromatic heterocycles. The summed E-state index contributed by atoms with van der Waals surface area (Å²) < 4.78 is 6.87. The van der Waals surface area contributed by atoms with E-state index in [1.54, 1.807) is 11.7 Å². The number of hydrogen-bond acceptors (Lipinski definition) is 5. The van der Waals surface area contributed by atoms with E-state index in [-0.39, 0.29) is 5.75 Å². The lowest BCUT2D eigenvalue weighted by molar-refractivity contribution is -0.133. The van der Waals surface area contributed by atoms with Gasteiger partial charge < -0.3 is 9.84 Å². The van der Waals surface area contributed by atoms with Crippen LogP contribution in [0.2, 0.25) is 0 Å². The van der Waals surface area contributed by atoms with Crippen LogP contribution in [0.1, 0.15) is 19.2 Å². The number of thioether (sulfide) groups is 1. The second-order valence-electron chi connectivity index (χ2n) is 3.17. The van der Waals surface area contributed by atoms with E-state index in [1.807, 2.05) is 6.92 Å². The van der Waals surface area contributed by atoms with Crippen LogP contribution in [-0.2, 0) is 23.2 Å². The van der Waals surface area contributed by atoms with Gasteiger partial charge in [0.15, 0.2) is 11.0 Å². The smallest absolute Gasteiger partial charge is 0.313 e. The van der Waals surface area contributed by atoms with Crippen molar-refractivity contribution in [3.8, 4) is 0 Å².